The summed E-state index contributed by atoms with van der Waals surface area (Å²) in [5.74, 6) is 1.75. The van der Waals surface area contributed by atoms with Gasteiger partial charge in [-0.1, -0.05) is 20.8 Å². The second-order valence-corrected chi connectivity index (χ2v) is 5.46. The van der Waals surface area contributed by atoms with E-state index in [4.69, 9.17) is 0 Å². The van der Waals surface area contributed by atoms with Crippen LogP contribution in [-0.2, 0) is 4.79 Å². The van der Waals surface area contributed by atoms with Crippen LogP contribution < -0.4 is 0 Å². The van der Waals surface area contributed by atoms with Gasteiger partial charge in [-0.3, -0.25) is 9.69 Å². The van der Waals surface area contributed by atoms with E-state index in [9.17, 15) is 4.79 Å². The fourth-order valence-electron chi connectivity index (χ4n) is 2.19. The van der Waals surface area contributed by atoms with Crippen molar-refractivity contribution < 1.29 is 4.79 Å². The molecule has 15 heavy (non-hydrogen) atoms. The molecule has 2 nitrogen and oxygen atoms in total. The Morgan fingerprint density at radius 3 is 2.27 bits per heavy atom. The van der Waals surface area contributed by atoms with Crippen LogP contribution >= 0.6 is 0 Å². The maximum atomic E-state index is 11.9. The molecule has 1 saturated heterocycles. The van der Waals surface area contributed by atoms with Crippen LogP contribution in [0.25, 0.3) is 0 Å². The molecule has 1 aliphatic heterocycles. The normalized spacial score (nSPS) is 21.9. The van der Waals surface area contributed by atoms with Crippen molar-refractivity contribution in [3.63, 3.8) is 0 Å². The number of ketones is 1. The van der Waals surface area contributed by atoms with Crippen LogP contribution in [0.5, 0.6) is 0 Å². The molecule has 1 unspecified atom stereocenters. The minimum absolute atomic E-state index is 0.139. The first-order valence-electron chi connectivity index (χ1n) is 6.27. The minimum Gasteiger partial charge on any atom is -0.298 e. The van der Waals surface area contributed by atoms with Crippen LogP contribution in [0, 0.1) is 11.8 Å². The van der Waals surface area contributed by atoms with Crippen molar-refractivity contribution in [3.8, 4) is 0 Å². The highest BCUT2D eigenvalue weighted by Crippen LogP contribution is 2.19. The summed E-state index contributed by atoms with van der Waals surface area (Å²) < 4.78 is 0. The maximum Gasteiger partial charge on any atom is 0.149 e. The molecular weight excluding hydrogens is 186 g/mol. The molecule has 88 valence electrons. The Morgan fingerprint density at radius 1 is 1.27 bits per heavy atom. The molecule has 2 heteroatoms. The zero-order chi connectivity index (χ0) is 11.4. The van der Waals surface area contributed by atoms with Crippen molar-refractivity contribution in [2.75, 3.05) is 13.1 Å². The number of hydrogen-bond donors (Lipinski definition) is 0. The first-order valence-corrected chi connectivity index (χ1v) is 6.27. The molecule has 1 fully saturated rings. The van der Waals surface area contributed by atoms with E-state index in [1.165, 1.54) is 12.8 Å². The summed E-state index contributed by atoms with van der Waals surface area (Å²) >= 11 is 0. The minimum atomic E-state index is 0.139. The molecule has 0 aromatic rings. The lowest BCUT2D eigenvalue weighted by Gasteiger charge is -2.34. The number of carbonyl (C=O) groups is 1. The largest absolute Gasteiger partial charge is 0.298 e. The first kappa shape index (κ1) is 12.7. The molecule has 1 heterocycles. The van der Waals surface area contributed by atoms with Crippen molar-refractivity contribution in [1.82, 2.24) is 4.90 Å². The first-order chi connectivity index (χ1) is 7.00. The number of carbonyl (C=O) groups excluding carboxylic acids is 1. The summed E-state index contributed by atoms with van der Waals surface area (Å²) in [5, 5.41) is 0. The fraction of sp³-hybridized carbons (Fsp3) is 0.923. The number of nitrogens with zero attached hydrogens (tertiary/aromatic N) is 1. The van der Waals surface area contributed by atoms with Crippen molar-refractivity contribution in [2.45, 2.75) is 53.0 Å². The van der Waals surface area contributed by atoms with Gasteiger partial charge in [0.15, 0.2) is 0 Å². The maximum absolute atomic E-state index is 11.9. The number of hydrogen-bond acceptors (Lipinski definition) is 2. The SMILES string of the molecule is CC(C)CC(=O)C(C)N1CCC(C)CC1. The molecule has 1 atom stereocenters. The Labute approximate surface area is 94.0 Å². The monoisotopic (exact) mass is 211 g/mol. The molecule has 0 bridgehead atoms. The summed E-state index contributed by atoms with van der Waals surface area (Å²) in [4.78, 5) is 14.2. The molecule has 0 aliphatic carbocycles. The van der Waals surface area contributed by atoms with E-state index in [1.54, 1.807) is 0 Å². The van der Waals surface area contributed by atoms with E-state index in [2.05, 4.69) is 32.6 Å². The third-order valence-corrected chi connectivity index (χ3v) is 3.44. The van der Waals surface area contributed by atoms with Crippen molar-refractivity contribution in [1.29, 1.82) is 0 Å². The van der Waals surface area contributed by atoms with Crippen LogP contribution in [0.15, 0.2) is 0 Å². The second-order valence-electron chi connectivity index (χ2n) is 5.46. The van der Waals surface area contributed by atoms with Gasteiger partial charge in [0.05, 0.1) is 6.04 Å². The van der Waals surface area contributed by atoms with E-state index in [1.807, 2.05) is 0 Å². The lowest BCUT2D eigenvalue weighted by Crippen LogP contribution is -2.43. The zero-order valence-electron chi connectivity index (χ0n) is 10.6. The van der Waals surface area contributed by atoms with E-state index in [-0.39, 0.29) is 6.04 Å². The molecule has 1 rings (SSSR count). The van der Waals surface area contributed by atoms with Gasteiger partial charge in [0.25, 0.3) is 0 Å². The average molecular weight is 211 g/mol. The Morgan fingerprint density at radius 2 is 1.80 bits per heavy atom. The third kappa shape index (κ3) is 3.94. The van der Waals surface area contributed by atoms with Gasteiger partial charge in [-0.2, -0.15) is 0 Å². The van der Waals surface area contributed by atoms with E-state index in [0.29, 0.717) is 11.7 Å². The number of piperidine rings is 1. The molecule has 0 spiro atoms. The summed E-state index contributed by atoms with van der Waals surface area (Å²) in [6, 6.07) is 0.139. The molecule has 1 aliphatic rings. The van der Waals surface area contributed by atoms with Gasteiger partial charge >= 0.3 is 0 Å². The topological polar surface area (TPSA) is 20.3 Å². The smallest absolute Gasteiger partial charge is 0.149 e. The molecule has 0 aromatic heterocycles. The Balaban J connectivity index is 2.39. The highest BCUT2D eigenvalue weighted by atomic mass is 16.1. The van der Waals surface area contributed by atoms with E-state index < -0.39 is 0 Å². The Bertz CT molecular complexity index is 205. The zero-order valence-corrected chi connectivity index (χ0v) is 10.6. The molecule has 0 saturated carbocycles. The molecule has 0 radical (unpaired) electrons. The molecular formula is C13H25NO. The molecule has 0 N–H and O–H groups in total. The fourth-order valence-corrected chi connectivity index (χ4v) is 2.19. The lowest BCUT2D eigenvalue weighted by atomic mass is 9.95. The summed E-state index contributed by atoms with van der Waals surface area (Å²) in [7, 11) is 0. The van der Waals surface area contributed by atoms with Crippen LogP contribution in [-0.4, -0.2) is 29.8 Å². The predicted molar refractivity (Wildman–Crippen MR) is 63.9 cm³/mol. The van der Waals surface area contributed by atoms with Gasteiger partial charge in [-0.25, -0.2) is 0 Å². The number of likely N-dealkylation sites (tertiary alicyclic amines) is 1. The van der Waals surface area contributed by atoms with Crippen LogP contribution in [0.2, 0.25) is 0 Å². The highest BCUT2D eigenvalue weighted by molar-refractivity contribution is 5.83. The van der Waals surface area contributed by atoms with Gasteiger partial charge in [-0.05, 0) is 44.7 Å². The lowest BCUT2D eigenvalue weighted by molar-refractivity contribution is -0.125. The van der Waals surface area contributed by atoms with Crippen molar-refractivity contribution in [2.24, 2.45) is 11.8 Å². The quantitative estimate of drug-likeness (QED) is 0.712. The van der Waals surface area contributed by atoms with Crippen molar-refractivity contribution in [3.05, 3.63) is 0 Å². The van der Waals surface area contributed by atoms with Gasteiger partial charge in [0.1, 0.15) is 5.78 Å². The predicted octanol–water partition coefficient (Wildman–Crippen LogP) is 2.72. The van der Waals surface area contributed by atoms with Crippen LogP contribution in [0.3, 0.4) is 0 Å². The van der Waals surface area contributed by atoms with Gasteiger partial charge in [0.2, 0.25) is 0 Å². The van der Waals surface area contributed by atoms with Crippen molar-refractivity contribution >= 4 is 5.78 Å². The van der Waals surface area contributed by atoms with E-state index in [0.717, 1.165) is 25.4 Å². The van der Waals surface area contributed by atoms with Gasteiger partial charge in [-0.15, -0.1) is 0 Å². The summed E-state index contributed by atoms with van der Waals surface area (Å²) in [6.07, 6.45) is 3.23. The van der Waals surface area contributed by atoms with Gasteiger partial charge in [0, 0.05) is 6.42 Å². The Kier molecular flexibility index (Phi) is 4.78. The molecule has 0 aromatic carbocycles. The standard InChI is InChI=1S/C13H25NO/c1-10(2)9-13(15)12(4)14-7-5-11(3)6-8-14/h10-12H,5-9H2,1-4H3. The summed E-state index contributed by atoms with van der Waals surface area (Å²) in [6.45, 7) is 10.8. The second kappa shape index (κ2) is 5.64. The third-order valence-electron chi connectivity index (χ3n) is 3.44. The highest BCUT2D eigenvalue weighted by Gasteiger charge is 2.24. The molecule has 0 amide bonds. The number of Topliss-reactive ketones (excluding diaryl/α,β-unsaturated/α-hetero) is 1. The Hall–Kier alpha value is -0.370. The average Bonchev–Trinajstić information content (AvgIpc) is 2.17. The van der Waals surface area contributed by atoms with Crippen LogP contribution in [0.1, 0.15) is 47.0 Å². The van der Waals surface area contributed by atoms with Crippen LogP contribution in [0.4, 0.5) is 0 Å². The number of rotatable bonds is 4. The van der Waals surface area contributed by atoms with Gasteiger partial charge < -0.3 is 0 Å². The van der Waals surface area contributed by atoms with E-state index >= 15 is 0 Å². The summed E-state index contributed by atoms with van der Waals surface area (Å²) in [5.41, 5.74) is 0.